The fourth-order valence-electron chi connectivity index (χ4n) is 4.32. The van der Waals surface area contributed by atoms with Crippen molar-refractivity contribution >= 4 is 33.4 Å². The summed E-state index contributed by atoms with van der Waals surface area (Å²) >= 11 is 0. The van der Waals surface area contributed by atoms with E-state index in [0.717, 1.165) is 0 Å². The summed E-state index contributed by atoms with van der Waals surface area (Å²) in [7, 11) is -3.38. The molecule has 0 radical (unpaired) electrons. The largest absolute Gasteiger partial charge is 0.444 e. The molecule has 1 N–H and O–H groups in total. The van der Waals surface area contributed by atoms with Crippen LogP contribution >= 0.6 is 0 Å². The summed E-state index contributed by atoms with van der Waals surface area (Å²) in [6.45, 7) is 5.77. The number of fused-ring (bicyclic) bond motifs is 1. The van der Waals surface area contributed by atoms with Gasteiger partial charge in [-0.2, -0.15) is 0 Å². The van der Waals surface area contributed by atoms with Crippen LogP contribution in [-0.4, -0.2) is 82.0 Å². The summed E-state index contributed by atoms with van der Waals surface area (Å²) in [4.78, 5) is 26.9. The molecule has 13 heteroatoms. The fraction of sp³-hybridized carbons (Fsp3) is 0.478. The summed E-state index contributed by atoms with van der Waals surface area (Å²) in [5, 5.41) is 3.09. The molecule has 1 amide bonds. The number of halogens is 1. The summed E-state index contributed by atoms with van der Waals surface area (Å²) in [5.41, 5.74) is 1.07. The van der Waals surface area contributed by atoms with E-state index >= 15 is 0 Å². The van der Waals surface area contributed by atoms with Crippen LogP contribution in [0.3, 0.4) is 0 Å². The molecule has 0 spiro atoms. The van der Waals surface area contributed by atoms with Gasteiger partial charge in [-0.05, 0) is 39.3 Å². The minimum absolute atomic E-state index is 0.0608. The van der Waals surface area contributed by atoms with Gasteiger partial charge in [0.25, 0.3) is 0 Å². The highest BCUT2D eigenvalue weighted by Gasteiger charge is 2.37. The van der Waals surface area contributed by atoms with Gasteiger partial charge >= 0.3 is 6.09 Å². The van der Waals surface area contributed by atoms with Crippen LogP contribution in [0.4, 0.5) is 20.8 Å². The van der Waals surface area contributed by atoms with Gasteiger partial charge in [-0.1, -0.05) is 6.07 Å². The number of pyridine rings is 1. The van der Waals surface area contributed by atoms with Gasteiger partial charge in [-0.25, -0.2) is 32.6 Å². The SMILES string of the molecule is CC(C)(C)OC(=O)N1C[C@H](Nc2cccc(-c3cnc4cnc(N5CCCS5(=O)=O)cn34)n2)[C@@H](F)C1. The van der Waals surface area contributed by atoms with E-state index in [9.17, 15) is 17.6 Å². The Kier molecular flexibility index (Phi) is 5.97. The van der Waals surface area contributed by atoms with Gasteiger partial charge in [0.2, 0.25) is 10.0 Å². The van der Waals surface area contributed by atoms with Crippen molar-refractivity contribution in [1.29, 1.82) is 0 Å². The van der Waals surface area contributed by atoms with E-state index in [1.807, 2.05) is 0 Å². The molecule has 0 bridgehead atoms. The maximum Gasteiger partial charge on any atom is 0.410 e. The number of sulfonamides is 1. The quantitative estimate of drug-likeness (QED) is 0.561. The second-order valence-corrected chi connectivity index (χ2v) is 11.9. The Labute approximate surface area is 208 Å². The second-order valence-electron chi connectivity index (χ2n) is 9.92. The zero-order chi connectivity index (χ0) is 25.7. The Hall–Kier alpha value is -3.48. The van der Waals surface area contributed by atoms with Crippen molar-refractivity contribution in [2.24, 2.45) is 0 Å². The predicted molar refractivity (Wildman–Crippen MR) is 132 cm³/mol. The van der Waals surface area contributed by atoms with Crippen LogP contribution in [0.2, 0.25) is 0 Å². The highest BCUT2D eigenvalue weighted by molar-refractivity contribution is 7.93. The normalized spacial score (nSPS) is 21.8. The molecular weight excluding hydrogens is 489 g/mol. The van der Waals surface area contributed by atoms with Crippen molar-refractivity contribution in [3.05, 3.63) is 36.8 Å². The van der Waals surface area contributed by atoms with Crippen molar-refractivity contribution in [2.45, 2.75) is 45.0 Å². The Balaban J connectivity index is 1.36. The lowest BCUT2D eigenvalue weighted by Gasteiger charge is -2.24. The summed E-state index contributed by atoms with van der Waals surface area (Å²) in [5.74, 6) is 0.862. The maximum atomic E-state index is 14.7. The first-order valence-electron chi connectivity index (χ1n) is 11.7. The number of nitrogens with one attached hydrogen (secondary N) is 1. The van der Waals surface area contributed by atoms with E-state index in [1.54, 1.807) is 55.8 Å². The van der Waals surface area contributed by atoms with Gasteiger partial charge in [0, 0.05) is 13.1 Å². The van der Waals surface area contributed by atoms with Crippen LogP contribution in [0.15, 0.2) is 36.8 Å². The first-order valence-corrected chi connectivity index (χ1v) is 13.3. The molecule has 3 aromatic heterocycles. The summed E-state index contributed by atoms with van der Waals surface area (Å²) < 4.78 is 47.8. The van der Waals surface area contributed by atoms with Gasteiger partial charge in [-0.3, -0.25) is 8.71 Å². The van der Waals surface area contributed by atoms with E-state index in [1.165, 1.54) is 15.4 Å². The van der Waals surface area contributed by atoms with Crippen LogP contribution in [0, 0.1) is 0 Å². The number of likely N-dealkylation sites (tertiary alicyclic amines) is 1. The topological polar surface area (TPSA) is 122 Å². The molecule has 2 aliphatic rings. The van der Waals surface area contributed by atoms with Gasteiger partial charge in [0.05, 0.1) is 48.3 Å². The van der Waals surface area contributed by atoms with Crippen LogP contribution < -0.4 is 9.62 Å². The standard InChI is InChI=1S/C23H28FN7O4S/c1-23(2,3)35-22(32)29-12-15(24)17(13-29)28-19-7-4-6-16(27-19)18-10-25-20-11-26-21(14-30(18)20)31-8-5-9-36(31,33)34/h4,6-7,10-11,14-15,17H,5,8-9,12-13H2,1-3H3,(H,27,28)/t15-,17-/m0/s1. The molecule has 36 heavy (non-hydrogen) atoms. The lowest BCUT2D eigenvalue weighted by molar-refractivity contribution is 0.0283. The lowest BCUT2D eigenvalue weighted by atomic mass is 10.2. The van der Waals surface area contributed by atoms with E-state index in [4.69, 9.17) is 4.74 Å². The molecular formula is C23H28FN7O4S. The molecule has 0 saturated carbocycles. The number of hydrogen-bond donors (Lipinski definition) is 1. The van der Waals surface area contributed by atoms with E-state index in [0.29, 0.717) is 41.6 Å². The average Bonchev–Trinajstić information content (AvgIpc) is 3.49. The number of ether oxygens (including phenoxy) is 1. The predicted octanol–water partition coefficient (Wildman–Crippen LogP) is 2.70. The highest BCUT2D eigenvalue weighted by Crippen LogP contribution is 2.26. The Morgan fingerprint density at radius 1 is 1.19 bits per heavy atom. The summed E-state index contributed by atoms with van der Waals surface area (Å²) in [6, 6.07) is 4.65. The lowest BCUT2D eigenvalue weighted by Crippen LogP contribution is -2.36. The first kappa shape index (κ1) is 24.2. The molecule has 0 aromatic carbocycles. The molecule has 11 nitrogen and oxygen atoms in total. The molecule has 2 aliphatic heterocycles. The van der Waals surface area contributed by atoms with Crippen molar-refractivity contribution < 1.29 is 22.3 Å². The smallest absolute Gasteiger partial charge is 0.410 e. The Morgan fingerprint density at radius 2 is 2.00 bits per heavy atom. The number of hydrogen-bond acceptors (Lipinski definition) is 8. The minimum Gasteiger partial charge on any atom is -0.444 e. The number of nitrogens with zero attached hydrogens (tertiary/aromatic N) is 6. The van der Waals surface area contributed by atoms with Crippen LogP contribution in [0.5, 0.6) is 0 Å². The molecule has 192 valence electrons. The molecule has 5 rings (SSSR count). The zero-order valence-electron chi connectivity index (χ0n) is 20.3. The van der Waals surface area contributed by atoms with Crippen molar-refractivity contribution in [3.8, 4) is 11.4 Å². The summed E-state index contributed by atoms with van der Waals surface area (Å²) in [6.07, 6.45) is 3.50. The molecule has 3 aromatic rings. The minimum atomic E-state index is -3.38. The molecule has 0 unspecified atom stereocenters. The Bertz CT molecular complexity index is 1400. The van der Waals surface area contributed by atoms with Gasteiger partial charge in [0.15, 0.2) is 11.5 Å². The molecule has 0 aliphatic carbocycles. The third kappa shape index (κ3) is 4.79. The fourth-order valence-corrected chi connectivity index (χ4v) is 5.82. The number of imidazole rings is 1. The molecule has 5 heterocycles. The zero-order valence-corrected chi connectivity index (χ0v) is 21.1. The average molecular weight is 518 g/mol. The number of amides is 1. The first-order chi connectivity index (χ1) is 17.0. The number of carbonyl (C=O) groups is 1. The number of alkyl halides is 1. The molecule has 2 atom stereocenters. The highest BCUT2D eigenvalue weighted by atomic mass is 32.2. The molecule has 2 saturated heterocycles. The number of aromatic nitrogens is 4. The monoisotopic (exact) mass is 517 g/mol. The van der Waals surface area contributed by atoms with E-state index < -0.39 is 33.9 Å². The maximum absolute atomic E-state index is 14.7. The number of anilines is 2. The second kappa shape index (κ2) is 8.87. The van der Waals surface area contributed by atoms with Crippen molar-refractivity contribution in [1.82, 2.24) is 24.3 Å². The van der Waals surface area contributed by atoms with E-state index in [2.05, 4.69) is 20.3 Å². The van der Waals surface area contributed by atoms with Gasteiger partial charge in [-0.15, -0.1) is 0 Å². The van der Waals surface area contributed by atoms with Crippen LogP contribution in [-0.2, 0) is 14.8 Å². The van der Waals surface area contributed by atoms with Gasteiger partial charge in [0.1, 0.15) is 17.6 Å². The number of rotatable bonds is 4. The van der Waals surface area contributed by atoms with Crippen molar-refractivity contribution in [3.63, 3.8) is 0 Å². The van der Waals surface area contributed by atoms with Crippen LogP contribution in [0.1, 0.15) is 27.2 Å². The van der Waals surface area contributed by atoms with Crippen LogP contribution in [0.25, 0.3) is 17.0 Å². The van der Waals surface area contributed by atoms with E-state index in [-0.39, 0.29) is 18.8 Å². The third-order valence-electron chi connectivity index (χ3n) is 5.98. The number of carbonyl (C=O) groups excluding carboxylic acids is 1. The third-order valence-corrected chi connectivity index (χ3v) is 7.83. The van der Waals surface area contributed by atoms with Crippen molar-refractivity contribution in [2.75, 3.05) is 35.0 Å². The van der Waals surface area contributed by atoms with Gasteiger partial charge < -0.3 is 15.0 Å². The molecule has 2 fully saturated rings. The Morgan fingerprint density at radius 3 is 2.72 bits per heavy atom.